The Balaban J connectivity index is 2.25. The first-order valence-corrected chi connectivity index (χ1v) is 6.70. The monoisotopic (exact) mass is 265 g/mol. The van der Waals surface area contributed by atoms with Gasteiger partial charge in [-0.3, -0.25) is 0 Å². The molecule has 0 aliphatic carbocycles. The summed E-state index contributed by atoms with van der Waals surface area (Å²) in [7, 11) is 5.39. The van der Waals surface area contributed by atoms with Gasteiger partial charge in [0.2, 0.25) is 0 Å². The number of ether oxygens (including phenoxy) is 3. The van der Waals surface area contributed by atoms with E-state index in [-0.39, 0.29) is 5.41 Å². The van der Waals surface area contributed by atoms with Crippen molar-refractivity contribution in [3.8, 4) is 11.5 Å². The van der Waals surface area contributed by atoms with Gasteiger partial charge in [0.15, 0.2) is 0 Å². The summed E-state index contributed by atoms with van der Waals surface area (Å²) in [4.78, 5) is 0. The number of nitrogens with one attached hydrogen (secondary N) is 1. The van der Waals surface area contributed by atoms with Crippen molar-refractivity contribution in [1.29, 1.82) is 0 Å². The largest absolute Gasteiger partial charge is 0.497 e. The van der Waals surface area contributed by atoms with E-state index in [1.165, 1.54) is 5.56 Å². The molecule has 1 aromatic carbocycles. The summed E-state index contributed by atoms with van der Waals surface area (Å²) >= 11 is 0. The zero-order chi connectivity index (χ0) is 13.7. The molecule has 0 atom stereocenters. The fourth-order valence-electron chi connectivity index (χ4n) is 2.62. The summed E-state index contributed by atoms with van der Waals surface area (Å²) in [5, 5.41) is 3.19. The molecule has 4 nitrogen and oxygen atoms in total. The van der Waals surface area contributed by atoms with Crippen molar-refractivity contribution in [2.24, 2.45) is 0 Å². The quantitative estimate of drug-likeness (QED) is 0.765. The van der Waals surface area contributed by atoms with E-state index < -0.39 is 0 Å². The Bertz CT molecular complexity index is 416. The molecule has 1 aromatic rings. The Morgan fingerprint density at radius 1 is 1.26 bits per heavy atom. The molecule has 0 radical (unpaired) electrons. The highest BCUT2D eigenvalue weighted by atomic mass is 16.5. The zero-order valence-corrected chi connectivity index (χ0v) is 12.0. The summed E-state index contributed by atoms with van der Waals surface area (Å²) in [5.74, 6) is 1.80. The highest BCUT2D eigenvalue weighted by Gasteiger charge is 2.42. The molecule has 1 N–H and O–H groups in total. The predicted octanol–water partition coefficient (Wildman–Crippen LogP) is 1.97. The first-order valence-electron chi connectivity index (χ1n) is 6.70. The molecule has 0 saturated carbocycles. The Hall–Kier alpha value is -1.26. The maximum Gasteiger partial charge on any atom is 0.123 e. The van der Waals surface area contributed by atoms with Gasteiger partial charge in [-0.2, -0.15) is 0 Å². The average Bonchev–Trinajstić information content (AvgIpc) is 2.41. The van der Waals surface area contributed by atoms with E-state index in [2.05, 4.69) is 11.4 Å². The summed E-state index contributed by atoms with van der Waals surface area (Å²) in [6, 6.07) is 6.00. The van der Waals surface area contributed by atoms with Crippen molar-refractivity contribution < 1.29 is 14.2 Å². The van der Waals surface area contributed by atoms with E-state index in [0.717, 1.165) is 44.1 Å². The third kappa shape index (κ3) is 2.85. The van der Waals surface area contributed by atoms with Gasteiger partial charge in [0.25, 0.3) is 0 Å². The average molecular weight is 265 g/mol. The lowest BCUT2D eigenvalue weighted by Crippen LogP contribution is -2.47. The second-order valence-electron chi connectivity index (χ2n) is 5.05. The smallest absolute Gasteiger partial charge is 0.123 e. The molecular weight excluding hydrogens is 242 g/mol. The molecule has 2 rings (SSSR count). The first kappa shape index (κ1) is 14.2. The summed E-state index contributed by atoms with van der Waals surface area (Å²) < 4.78 is 16.3. The van der Waals surface area contributed by atoms with Crippen molar-refractivity contribution in [2.45, 2.75) is 18.3 Å². The van der Waals surface area contributed by atoms with Crippen LogP contribution in [0.5, 0.6) is 11.5 Å². The number of rotatable bonds is 7. The maximum atomic E-state index is 5.51. The summed E-state index contributed by atoms with van der Waals surface area (Å²) in [6.07, 6.45) is 2.22. The third-order valence-corrected chi connectivity index (χ3v) is 3.82. The standard InChI is InChI=1S/C15H23NO3/c1-16-8-4-7-15(10-19-11-15)13-9-12(17-2)5-6-14(13)18-3/h5-6,9,16H,4,7-8,10-11H2,1-3H3. The van der Waals surface area contributed by atoms with Crippen LogP contribution in [0.1, 0.15) is 18.4 Å². The van der Waals surface area contributed by atoms with Crippen LogP contribution in [0.15, 0.2) is 18.2 Å². The molecule has 1 saturated heterocycles. The van der Waals surface area contributed by atoms with Crippen LogP contribution in [-0.4, -0.2) is 41.0 Å². The Kier molecular flexibility index (Phi) is 4.66. The third-order valence-electron chi connectivity index (χ3n) is 3.82. The van der Waals surface area contributed by atoms with Gasteiger partial charge >= 0.3 is 0 Å². The van der Waals surface area contributed by atoms with E-state index in [0.29, 0.717) is 0 Å². The molecule has 106 valence electrons. The van der Waals surface area contributed by atoms with Gasteiger partial charge < -0.3 is 19.5 Å². The van der Waals surface area contributed by atoms with Gasteiger partial charge in [0.05, 0.1) is 27.4 Å². The minimum atomic E-state index is 0.0801. The van der Waals surface area contributed by atoms with E-state index in [4.69, 9.17) is 14.2 Å². The number of methoxy groups -OCH3 is 2. The van der Waals surface area contributed by atoms with Crippen molar-refractivity contribution in [3.63, 3.8) is 0 Å². The fourth-order valence-corrected chi connectivity index (χ4v) is 2.62. The molecule has 0 aromatic heterocycles. The molecule has 0 bridgehead atoms. The second kappa shape index (κ2) is 6.26. The predicted molar refractivity (Wildman–Crippen MR) is 75.2 cm³/mol. The lowest BCUT2D eigenvalue weighted by molar-refractivity contribution is -0.0660. The van der Waals surface area contributed by atoms with Crippen LogP contribution in [0.3, 0.4) is 0 Å². The first-order chi connectivity index (χ1) is 9.25. The molecule has 19 heavy (non-hydrogen) atoms. The molecule has 1 heterocycles. The second-order valence-corrected chi connectivity index (χ2v) is 5.05. The zero-order valence-electron chi connectivity index (χ0n) is 12.0. The van der Waals surface area contributed by atoms with Gasteiger partial charge in [0.1, 0.15) is 11.5 Å². The fraction of sp³-hybridized carbons (Fsp3) is 0.600. The Morgan fingerprint density at radius 3 is 2.58 bits per heavy atom. The molecule has 1 fully saturated rings. The SMILES string of the molecule is CNCCCC1(c2cc(OC)ccc2OC)COC1. The van der Waals surface area contributed by atoms with Gasteiger partial charge in [-0.15, -0.1) is 0 Å². The topological polar surface area (TPSA) is 39.7 Å². The van der Waals surface area contributed by atoms with Crippen LogP contribution in [0.25, 0.3) is 0 Å². The molecule has 0 amide bonds. The van der Waals surface area contributed by atoms with Crippen molar-refractivity contribution in [2.75, 3.05) is 41.0 Å². The minimum absolute atomic E-state index is 0.0801. The molecular formula is C15H23NO3. The molecule has 1 aliphatic rings. The van der Waals surface area contributed by atoms with Crippen LogP contribution in [0, 0.1) is 0 Å². The van der Waals surface area contributed by atoms with Crippen LogP contribution >= 0.6 is 0 Å². The Labute approximate surface area is 115 Å². The number of benzene rings is 1. The molecule has 0 unspecified atom stereocenters. The van der Waals surface area contributed by atoms with Crippen LogP contribution in [0.2, 0.25) is 0 Å². The van der Waals surface area contributed by atoms with E-state index in [9.17, 15) is 0 Å². The van der Waals surface area contributed by atoms with E-state index in [1.807, 2.05) is 19.2 Å². The Morgan fingerprint density at radius 2 is 2.05 bits per heavy atom. The van der Waals surface area contributed by atoms with E-state index in [1.54, 1.807) is 14.2 Å². The van der Waals surface area contributed by atoms with Crippen LogP contribution in [0.4, 0.5) is 0 Å². The highest BCUT2D eigenvalue weighted by Crippen LogP contribution is 2.42. The van der Waals surface area contributed by atoms with Crippen molar-refractivity contribution in [1.82, 2.24) is 5.32 Å². The van der Waals surface area contributed by atoms with E-state index >= 15 is 0 Å². The van der Waals surface area contributed by atoms with Crippen LogP contribution in [-0.2, 0) is 10.2 Å². The molecule has 4 heteroatoms. The van der Waals surface area contributed by atoms with Crippen LogP contribution < -0.4 is 14.8 Å². The maximum absolute atomic E-state index is 5.51. The highest BCUT2D eigenvalue weighted by molar-refractivity contribution is 5.46. The lowest BCUT2D eigenvalue weighted by atomic mass is 9.74. The van der Waals surface area contributed by atoms with Gasteiger partial charge in [0, 0.05) is 11.0 Å². The van der Waals surface area contributed by atoms with Gasteiger partial charge in [-0.1, -0.05) is 0 Å². The molecule has 0 spiro atoms. The normalized spacial score (nSPS) is 16.8. The van der Waals surface area contributed by atoms with Gasteiger partial charge in [-0.25, -0.2) is 0 Å². The lowest BCUT2D eigenvalue weighted by Gasteiger charge is -2.43. The number of hydrogen-bond donors (Lipinski definition) is 1. The summed E-state index contributed by atoms with van der Waals surface area (Å²) in [6.45, 7) is 2.55. The minimum Gasteiger partial charge on any atom is -0.497 e. The number of hydrogen-bond acceptors (Lipinski definition) is 4. The molecule has 1 aliphatic heterocycles. The summed E-state index contributed by atoms with van der Waals surface area (Å²) in [5.41, 5.74) is 1.29. The van der Waals surface area contributed by atoms with Crippen molar-refractivity contribution in [3.05, 3.63) is 23.8 Å². The van der Waals surface area contributed by atoms with Gasteiger partial charge in [-0.05, 0) is 44.6 Å². The van der Waals surface area contributed by atoms with Crippen molar-refractivity contribution >= 4 is 0 Å².